The van der Waals surface area contributed by atoms with Crippen LogP contribution in [-0.2, 0) is 6.18 Å². The summed E-state index contributed by atoms with van der Waals surface area (Å²) in [6.07, 6.45) is -4.19. The first-order chi connectivity index (χ1) is 10.7. The minimum Gasteiger partial charge on any atom is -0.493 e. The highest BCUT2D eigenvalue weighted by molar-refractivity contribution is 5.95. The number of benzene rings is 1. The summed E-state index contributed by atoms with van der Waals surface area (Å²) in [5.74, 6) is -2.27. The minimum absolute atomic E-state index is 0.0258. The van der Waals surface area contributed by atoms with Crippen molar-refractivity contribution in [2.24, 2.45) is 5.73 Å². The molecule has 0 aliphatic heterocycles. The van der Waals surface area contributed by atoms with Gasteiger partial charge in [-0.05, 0) is 18.2 Å². The third-order valence-electron chi connectivity index (χ3n) is 2.78. The number of carbonyl (C=O) groups excluding carboxylic acids is 1. The van der Waals surface area contributed by atoms with Crippen molar-refractivity contribution in [1.82, 2.24) is 4.98 Å². The van der Waals surface area contributed by atoms with Crippen LogP contribution in [0, 0.1) is 5.82 Å². The summed E-state index contributed by atoms with van der Waals surface area (Å²) in [4.78, 5) is 14.8. The van der Waals surface area contributed by atoms with Crippen LogP contribution in [0.1, 0.15) is 15.9 Å². The Morgan fingerprint density at radius 2 is 1.91 bits per heavy atom. The van der Waals surface area contributed by atoms with E-state index in [2.05, 4.69) is 4.98 Å². The van der Waals surface area contributed by atoms with Crippen LogP contribution in [0.15, 0.2) is 30.5 Å². The van der Waals surface area contributed by atoms with Crippen molar-refractivity contribution in [3.05, 3.63) is 47.4 Å². The number of halogens is 4. The molecule has 1 amide bonds. The molecule has 2 aromatic rings. The molecule has 0 bridgehead atoms. The average molecular weight is 330 g/mol. The topological polar surface area (TPSA) is 74.4 Å². The highest BCUT2D eigenvalue weighted by Crippen LogP contribution is 2.35. The van der Waals surface area contributed by atoms with E-state index < -0.39 is 34.9 Å². The number of carbonyl (C=O) groups is 1. The normalized spacial score (nSPS) is 11.2. The van der Waals surface area contributed by atoms with E-state index in [0.29, 0.717) is 12.3 Å². The molecule has 1 heterocycles. The van der Waals surface area contributed by atoms with Crippen LogP contribution in [0.4, 0.5) is 17.6 Å². The van der Waals surface area contributed by atoms with Crippen LogP contribution in [0.2, 0.25) is 0 Å². The van der Waals surface area contributed by atoms with Gasteiger partial charge < -0.3 is 15.2 Å². The van der Waals surface area contributed by atoms with Crippen molar-refractivity contribution < 1.29 is 31.8 Å². The van der Waals surface area contributed by atoms with Gasteiger partial charge in [0.2, 0.25) is 5.88 Å². The van der Waals surface area contributed by atoms with E-state index in [-0.39, 0.29) is 11.5 Å². The maximum absolute atomic E-state index is 13.1. The Morgan fingerprint density at radius 1 is 1.22 bits per heavy atom. The van der Waals surface area contributed by atoms with Gasteiger partial charge in [-0.25, -0.2) is 9.37 Å². The van der Waals surface area contributed by atoms with E-state index in [9.17, 15) is 22.4 Å². The maximum Gasteiger partial charge on any atom is 0.417 e. The molecule has 0 radical (unpaired) electrons. The van der Waals surface area contributed by atoms with Crippen molar-refractivity contribution in [2.45, 2.75) is 6.18 Å². The third-order valence-corrected chi connectivity index (χ3v) is 2.78. The molecule has 5 nitrogen and oxygen atoms in total. The number of ether oxygens (including phenoxy) is 2. The van der Waals surface area contributed by atoms with E-state index in [0.717, 1.165) is 12.1 Å². The van der Waals surface area contributed by atoms with Crippen LogP contribution >= 0.6 is 0 Å². The standard InChI is InChI=1S/C14H10F4N2O3/c1-22-11-5-8(15)2-3-10(11)23-13-9(12(19)21)4-7(6-20-13)14(16,17)18/h2-6H,1H3,(H2,19,21). The van der Waals surface area contributed by atoms with E-state index in [1.165, 1.54) is 13.2 Å². The van der Waals surface area contributed by atoms with Crippen molar-refractivity contribution in [3.63, 3.8) is 0 Å². The molecule has 2 N–H and O–H groups in total. The van der Waals surface area contributed by atoms with Crippen LogP contribution in [0.5, 0.6) is 17.4 Å². The van der Waals surface area contributed by atoms with Crippen LogP contribution in [0.25, 0.3) is 0 Å². The summed E-state index contributed by atoms with van der Waals surface area (Å²) in [5.41, 5.74) is 3.35. The van der Waals surface area contributed by atoms with Gasteiger partial charge in [-0.2, -0.15) is 13.2 Å². The smallest absolute Gasteiger partial charge is 0.417 e. The monoisotopic (exact) mass is 330 g/mol. The molecule has 1 aromatic heterocycles. The number of methoxy groups -OCH3 is 1. The molecule has 2 rings (SSSR count). The van der Waals surface area contributed by atoms with Gasteiger partial charge in [0, 0.05) is 12.3 Å². The number of hydrogen-bond acceptors (Lipinski definition) is 4. The van der Waals surface area contributed by atoms with Gasteiger partial charge in [-0.15, -0.1) is 0 Å². The molecule has 1 aromatic carbocycles. The average Bonchev–Trinajstić information content (AvgIpc) is 2.48. The first-order valence-electron chi connectivity index (χ1n) is 6.11. The first-order valence-corrected chi connectivity index (χ1v) is 6.11. The number of hydrogen-bond donors (Lipinski definition) is 1. The fraction of sp³-hybridized carbons (Fsp3) is 0.143. The fourth-order valence-corrected chi connectivity index (χ4v) is 1.69. The number of pyridine rings is 1. The predicted molar refractivity (Wildman–Crippen MR) is 70.8 cm³/mol. The molecular weight excluding hydrogens is 320 g/mol. The Hall–Kier alpha value is -2.84. The summed E-state index contributed by atoms with van der Waals surface area (Å²) in [5, 5.41) is 0. The molecule has 0 spiro atoms. The number of nitrogens with zero attached hydrogens (tertiary/aromatic N) is 1. The Kier molecular flexibility index (Phi) is 4.39. The Labute approximate surface area is 127 Å². The fourth-order valence-electron chi connectivity index (χ4n) is 1.69. The SMILES string of the molecule is COc1cc(F)ccc1Oc1ncc(C(F)(F)F)cc1C(N)=O. The van der Waals surface area contributed by atoms with Crippen molar-refractivity contribution in [1.29, 1.82) is 0 Å². The van der Waals surface area contributed by atoms with Crippen LogP contribution in [-0.4, -0.2) is 18.0 Å². The predicted octanol–water partition coefficient (Wildman–Crippen LogP) is 3.14. The van der Waals surface area contributed by atoms with Crippen LogP contribution < -0.4 is 15.2 Å². The van der Waals surface area contributed by atoms with Gasteiger partial charge in [0.05, 0.1) is 12.7 Å². The maximum atomic E-state index is 13.1. The molecule has 0 saturated heterocycles. The quantitative estimate of drug-likeness (QED) is 0.874. The van der Waals surface area contributed by atoms with Gasteiger partial charge in [0.25, 0.3) is 5.91 Å². The van der Waals surface area contributed by atoms with Crippen LogP contribution in [0.3, 0.4) is 0 Å². The molecule has 0 fully saturated rings. The van der Waals surface area contributed by atoms with Crippen molar-refractivity contribution >= 4 is 5.91 Å². The van der Waals surface area contributed by atoms with E-state index in [1.54, 1.807) is 0 Å². The summed E-state index contributed by atoms with van der Waals surface area (Å²) in [6, 6.07) is 3.76. The van der Waals surface area contributed by atoms with Gasteiger partial charge in [0.15, 0.2) is 11.5 Å². The lowest BCUT2D eigenvalue weighted by molar-refractivity contribution is -0.137. The van der Waals surface area contributed by atoms with E-state index >= 15 is 0 Å². The number of primary amides is 1. The second kappa shape index (κ2) is 6.11. The Morgan fingerprint density at radius 3 is 2.48 bits per heavy atom. The number of aromatic nitrogens is 1. The largest absolute Gasteiger partial charge is 0.493 e. The molecule has 0 aliphatic carbocycles. The lowest BCUT2D eigenvalue weighted by Crippen LogP contribution is -2.16. The molecule has 23 heavy (non-hydrogen) atoms. The molecule has 0 unspecified atom stereocenters. The minimum atomic E-state index is -4.69. The van der Waals surface area contributed by atoms with E-state index in [1.807, 2.05) is 0 Å². The first kappa shape index (κ1) is 16.5. The van der Waals surface area contributed by atoms with Gasteiger partial charge in [-0.1, -0.05) is 0 Å². The van der Waals surface area contributed by atoms with Gasteiger partial charge in [-0.3, -0.25) is 4.79 Å². The number of rotatable bonds is 4. The molecule has 122 valence electrons. The summed E-state index contributed by atoms with van der Waals surface area (Å²) >= 11 is 0. The van der Waals surface area contributed by atoms with Crippen molar-refractivity contribution in [2.75, 3.05) is 7.11 Å². The molecule has 0 atom stereocenters. The summed E-state index contributed by atoms with van der Waals surface area (Å²) in [6.45, 7) is 0. The number of nitrogens with two attached hydrogens (primary N) is 1. The lowest BCUT2D eigenvalue weighted by Gasteiger charge is -2.13. The second-order valence-corrected chi connectivity index (χ2v) is 4.34. The number of amides is 1. The Bertz CT molecular complexity index is 747. The highest BCUT2D eigenvalue weighted by atomic mass is 19.4. The lowest BCUT2D eigenvalue weighted by atomic mass is 10.2. The van der Waals surface area contributed by atoms with Crippen molar-refractivity contribution in [3.8, 4) is 17.4 Å². The summed E-state index contributed by atoms with van der Waals surface area (Å²) in [7, 11) is 1.25. The number of alkyl halides is 3. The molecular formula is C14H10F4N2O3. The summed E-state index contributed by atoms with van der Waals surface area (Å²) < 4.78 is 61.2. The van der Waals surface area contributed by atoms with Gasteiger partial charge in [0.1, 0.15) is 11.4 Å². The zero-order valence-electron chi connectivity index (χ0n) is 11.6. The molecule has 9 heteroatoms. The Balaban J connectivity index is 2.46. The zero-order valence-corrected chi connectivity index (χ0v) is 11.6. The highest BCUT2D eigenvalue weighted by Gasteiger charge is 2.32. The molecule has 0 aliphatic rings. The van der Waals surface area contributed by atoms with E-state index in [4.69, 9.17) is 15.2 Å². The molecule has 0 saturated carbocycles. The zero-order chi connectivity index (χ0) is 17.2. The van der Waals surface area contributed by atoms with Gasteiger partial charge >= 0.3 is 6.18 Å². The second-order valence-electron chi connectivity index (χ2n) is 4.34. The third kappa shape index (κ3) is 3.68.